The Bertz CT molecular complexity index is 158. The molecule has 0 aromatic rings. The largest absolute Gasteiger partial charge is 0.382 e. The van der Waals surface area contributed by atoms with E-state index in [9.17, 15) is 0 Å². The summed E-state index contributed by atoms with van der Waals surface area (Å²) in [7, 11) is 1.66. The Morgan fingerprint density at radius 2 is 1.60 bits per heavy atom. The first-order valence-corrected chi connectivity index (χ1v) is 5.70. The molecule has 4 heteroatoms. The minimum absolute atomic E-state index is 0.0630. The van der Waals surface area contributed by atoms with Crippen LogP contribution in [0.1, 0.15) is 25.7 Å². The molecule has 2 N–H and O–H groups in total. The van der Waals surface area contributed by atoms with Gasteiger partial charge in [-0.05, 0) is 12.8 Å². The third kappa shape index (κ3) is 5.47. The van der Waals surface area contributed by atoms with Crippen molar-refractivity contribution in [3.63, 3.8) is 0 Å². The van der Waals surface area contributed by atoms with Crippen LogP contribution in [0.4, 0.5) is 0 Å². The van der Waals surface area contributed by atoms with Crippen LogP contribution in [0.3, 0.4) is 0 Å². The van der Waals surface area contributed by atoms with Crippen LogP contribution in [0.5, 0.6) is 0 Å². The van der Waals surface area contributed by atoms with Crippen LogP contribution in [-0.4, -0.2) is 45.7 Å². The summed E-state index contributed by atoms with van der Waals surface area (Å²) in [4.78, 5) is 0. The lowest BCUT2D eigenvalue weighted by Gasteiger charge is -2.22. The molecule has 0 atom stereocenters. The van der Waals surface area contributed by atoms with Gasteiger partial charge in [0.05, 0.1) is 33.0 Å². The lowest BCUT2D eigenvalue weighted by Crippen LogP contribution is -2.41. The lowest BCUT2D eigenvalue weighted by molar-refractivity contribution is 0.0119. The topological polar surface area (TPSA) is 53.7 Å². The second-order valence-electron chi connectivity index (χ2n) is 4.23. The van der Waals surface area contributed by atoms with E-state index >= 15 is 0 Å². The molecule has 15 heavy (non-hydrogen) atoms. The van der Waals surface area contributed by atoms with Gasteiger partial charge in [0.25, 0.3) is 0 Å². The van der Waals surface area contributed by atoms with Gasteiger partial charge in [-0.3, -0.25) is 0 Å². The molecule has 1 saturated carbocycles. The van der Waals surface area contributed by atoms with E-state index in [2.05, 4.69) is 0 Å². The fourth-order valence-corrected chi connectivity index (χ4v) is 1.86. The molecule has 0 spiro atoms. The van der Waals surface area contributed by atoms with Gasteiger partial charge < -0.3 is 19.9 Å². The van der Waals surface area contributed by atoms with E-state index in [0.717, 1.165) is 12.8 Å². The standard InChI is InChI=1S/C11H23NO3/c1-13-6-7-14-8-9-15-10-11(12)4-2-3-5-11/h2-10,12H2,1H3. The van der Waals surface area contributed by atoms with Gasteiger partial charge in [0.1, 0.15) is 0 Å². The maximum atomic E-state index is 6.14. The van der Waals surface area contributed by atoms with E-state index in [-0.39, 0.29) is 5.54 Å². The third-order valence-electron chi connectivity index (χ3n) is 2.79. The average molecular weight is 217 g/mol. The van der Waals surface area contributed by atoms with Crippen molar-refractivity contribution in [3.05, 3.63) is 0 Å². The smallest absolute Gasteiger partial charge is 0.0701 e. The Morgan fingerprint density at radius 1 is 1.00 bits per heavy atom. The number of rotatable bonds is 8. The summed E-state index contributed by atoms with van der Waals surface area (Å²) in [5, 5.41) is 0. The van der Waals surface area contributed by atoms with Crippen LogP contribution in [0.25, 0.3) is 0 Å². The Hall–Kier alpha value is -0.160. The number of ether oxygens (including phenoxy) is 3. The minimum Gasteiger partial charge on any atom is -0.382 e. The Morgan fingerprint density at radius 3 is 2.27 bits per heavy atom. The van der Waals surface area contributed by atoms with Gasteiger partial charge in [-0.15, -0.1) is 0 Å². The Balaban J connectivity index is 1.88. The highest BCUT2D eigenvalue weighted by Gasteiger charge is 2.29. The van der Waals surface area contributed by atoms with Gasteiger partial charge in [-0.25, -0.2) is 0 Å². The predicted molar refractivity (Wildman–Crippen MR) is 58.9 cm³/mol. The summed E-state index contributed by atoms with van der Waals surface area (Å²) in [5.41, 5.74) is 6.07. The van der Waals surface area contributed by atoms with Crippen molar-refractivity contribution in [2.24, 2.45) is 5.73 Å². The summed E-state index contributed by atoms with van der Waals surface area (Å²) < 4.78 is 15.7. The normalized spacial score (nSPS) is 19.6. The average Bonchev–Trinajstić information content (AvgIpc) is 2.64. The van der Waals surface area contributed by atoms with Crippen molar-refractivity contribution in [1.29, 1.82) is 0 Å². The van der Waals surface area contributed by atoms with Crippen molar-refractivity contribution >= 4 is 0 Å². The zero-order valence-corrected chi connectivity index (χ0v) is 9.67. The molecule has 0 heterocycles. The molecule has 1 fully saturated rings. The summed E-state index contributed by atoms with van der Waals surface area (Å²) >= 11 is 0. The Kier molecular flexibility index (Phi) is 6.17. The van der Waals surface area contributed by atoms with E-state index < -0.39 is 0 Å². The molecule has 1 rings (SSSR count). The maximum Gasteiger partial charge on any atom is 0.0701 e. The number of nitrogens with two attached hydrogens (primary N) is 1. The third-order valence-corrected chi connectivity index (χ3v) is 2.79. The molecule has 0 aromatic carbocycles. The summed E-state index contributed by atoms with van der Waals surface area (Å²) in [6.07, 6.45) is 4.67. The summed E-state index contributed by atoms with van der Waals surface area (Å²) in [6, 6.07) is 0. The predicted octanol–water partition coefficient (Wildman–Crippen LogP) is 0.937. The molecule has 0 saturated heterocycles. The molecule has 0 bridgehead atoms. The summed E-state index contributed by atoms with van der Waals surface area (Å²) in [5.74, 6) is 0. The zero-order chi connectivity index (χ0) is 11.0. The summed E-state index contributed by atoms with van der Waals surface area (Å²) in [6.45, 7) is 3.19. The van der Waals surface area contributed by atoms with E-state index in [1.54, 1.807) is 7.11 Å². The first kappa shape index (κ1) is 12.9. The molecule has 1 aliphatic rings. The van der Waals surface area contributed by atoms with Crippen molar-refractivity contribution in [2.75, 3.05) is 40.1 Å². The first-order chi connectivity index (χ1) is 7.27. The van der Waals surface area contributed by atoms with Crippen LogP contribution in [0.15, 0.2) is 0 Å². The van der Waals surface area contributed by atoms with Crippen LogP contribution < -0.4 is 5.73 Å². The maximum absolute atomic E-state index is 6.14. The number of hydrogen-bond donors (Lipinski definition) is 1. The van der Waals surface area contributed by atoms with Gasteiger partial charge >= 0.3 is 0 Å². The number of methoxy groups -OCH3 is 1. The van der Waals surface area contributed by atoms with Crippen LogP contribution in [0.2, 0.25) is 0 Å². The lowest BCUT2D eigenvalue weighted by atomic mass is 10.0. The molecular weight excluding hydrogens is 194 g/mol. The van der Waals surface area contributed by atoms with Crippen LogP contribution >= 0.6 is 0 Å². The van der Waals surface area contributed by atoms with Gasteiger partial charge in [-0.1, -0.05) is 12.8 Å². The van der Waals surface area contributed by atoms with Gasteiger partial charge in [-0.2, -0.15) is 0 Å². The molecule has 0 aliphatic heterocycles. The highest BCUT2D eigenvalue weighted by atomic mass is 16.5. The fourth-order valence-electron chi connectivity index (χ4n) is 1.86. The minimum atomic E-state index is -0.0630. The highest BCUT2D eigenvalue weighted by molar-refractivity contribution is 4.88. The van der Waals surface area contributed by atoms with E-state index in [1.807, 2.05) is 0 Å². The van der Waals surface area contributed by atoms with Crippen LogP contribution in [-0.2, 0) is 14.2 Å². The second kappa shape index (κ2) is 7.17. The van der Waals surface area contributed by atoms with E-state index in [0.29, 0.717) is 33.0 Å². The molecule has 0 aromatic heterocycles. The fraction of sp³-hybridized carbons (Fsp3) is 1.00. The molecule has 1 aliphatic carbocycles. The molecular formula is C11H23NO3. The monoisotopic (exact) mass is 217 g/mol. The second-order valence-corrected chi connectivity index (χ2v) is 4.23. The first-order valence-electron chi connectivity index (χ1n) is 5.70. The zero-order valence-electron chi connectivity index (χ0n) is 9.67. The molecule has 0 radical (unpaired) electrons. The number of hydrogen-bond acceptors (Lipinski definition) is 4. The van der Waals surface area contributed by atoms with Crippen molar-refractivity contribution in [2.45, 2.75) is 31.2 Å². The highest BCUT2D eigenvalue weighted by Crippen LogP contribution is 2.27. The van der Waals surface area contributed by atoms with Crippen molar-refractivity contribution in [1.82, 2.24) is 0 Å². The molecule has 0 unspecified atom stereocenters. The quantitative estimate of drug-likeness (QED) is 0.615. The van der Waals surface area contributed by atoms with E-state index in [4.69, 9.17) is 19.9 Å². The molecule has 4 nitrogen and oxygen atoms in total. The van der Waals surface area contributed by atoms with Gasteiger partial charge in [0.15, 0.2) is 0 Å². The van der Waals surface area contributed by atoms with Crippen molar-refractivity contribution < 1.29 is 14.2 Å². The molecule has 90 valence electrons. The Labute approximate surface area is 92.1 Å². The molecule has 0 amide bonds. The van der Waals surface area contributed by atoms with Gasteiger partial charge in [0, 0.05) is 12.6 Å². The van der Waals surface area contributed by atoms with Crippen LogP contribution in [0, 0.1) is 0 Å². The SMILES string of the molecule is COCCOCCOCC1(N)CCCC1. The van der Waals surface area contributed by atoms with Gasteiger partial charge in [0.2, 0.25) is 0 Å². The van der Waals surface area contributed by atoms with E-state index in [1.165, 1.54) is 12.8 Å². The van der Waals surface area contributed by atoms with Crippen molar-refractivity contribution in [3.8, 4) is 0 Å².